The van der Waals surface area contributed by atoms with Crippen LogP contribution in [0.15, 0.2) is 22.7 Å². The molecule has 1 fully saturated rings. The Hall–Kier alpha value is -2.64. The van der Waals surface area contributed by atoms with Gasteiger partial charge in [0.05, 0.1) is 12.2 Å². The second-order valence-electron chi connectivity index (χ2n) is 6.12. The molecule has 1 heterocycles. The third kappa shape index (κ3) is 3.36. The fraction of sp³-hybridized carbons (Fsp3) is 0.389. The number of esters is 1. The standard InChI is InChI=1S/C18H16F3NO4/c1-3-25-17(24)14-13(16(26-22-14)10-4-5-10)15(23)12-7-6-11(8-9(12)2)18(19,20)21/h6-8,10H,3-5H2,1-2H3. The van der Waals surface area contributed by atoms with Gasteiger partial charge in [-0.1, -0.05) is 11.2 Å². The van der Waals surface area contributed by atoms with E-state index in [2.05, 4.69) is 5.16 Å². The summed E-state index contributed by atoms with van der Waals surface area (Å²) in [5, 5.41) is 3.68. The molecule has 0 aliphatic heterocycles. The quantitative estimate of drug-likeness (QED) is 0.583. The minimum absolute atomic E-state index is 0.0145. The van der Waals surface area contributed by atoms with Crippen LogP contribution in [0, 0.1) is 6.92 Å². The van der Waals surface area contributed by atoms with Gasteiger partial charge in [-0.3, -0.25) is 4.79 Å². The monoisotopic (exact) mass is 367 g/mol. The second kappa shape index (κ2) is 6.59. The fourth-order valence-corrected chi connectivity index (χ4v) is 2.71. The second-order valence-corrected chi connectivity index (χ2v) is 6.12. The van der Waals surface area contributed by atoms with Crippen LogP contribution in [0.3, 0.4) is 0 Å². The molecule has 0 unspecified atom stereocenters. The molecule has 0 atom stereocenters. The fourth-order valence-electron chi connectivity index (χ4n) is 2.71. The SMILES string of the molecule is CCOC(=O)c1noc(C2CC2)c1C(=O)c1ccc(C(F)(F)F)cc1C. The van der Waals surface area contributed by atoms with Gasteiger partial charge in [0, 0.05) is 11.5 Å². The van der Waals surface area contributed by atoms with Crippen LogP contribution in [0.4, 0.5) is 13.2 Å². The number of aryl methyl sites for hydroxylation is 1. The molecule has 0 N–H and O–H groups in total. The Balaban J connectivity index is 2.05. The third-order valence-corrected chi connectivity index (χ3v) is 4.16. The van der Waals surface area contributed by atoms with Crippen LogP contribution >= 0.6 is 0 Å². The normalized spacial score (nSPS) is 14.3. The van der Waals surface area contributed by atoms with Crippen molar-refractivity contribution in [2.24, 2.45) is 0 Å². The predicted molar refractivity (Wildman–Crippen MR) is 84.0 cm³/mol. The first kappa shape index (κ1) is 18.2. The molecule has 5 nitrogen and oxygen atoms in total. The lowest BCUT2D eigenvalue weighted by molar-refractivity contribution is -0.137. The Morgan fingerprint density at radius 1 is 1.31 bits per heavy atom. The van der Waals surface area contributed by atoms with Crippen molar-refractivity contribution in [1.29, 1.82) is 0 Å². The molecule has 1 aromatic heterocycles. The van der Waals surface area contributed by atoms with Gasteiger partial charge in [0.2, 0.25) is 5.69 Å². The van der Waals surface area contributed by atoms with E-state index in [-0.39, 0.29) is 40.7 Å². The van der Waals surface area contributed by atoms with Crippen molar-refractivity contribution in [3.05, 3.63) is 51.9 Å². The number of nitrogens with zero attached hydrogens (tertiary/aromatic N) is 1. The van der Waals surface area contributed by atoms with Crippen molar-refractivity contribution in [2.45, 2.75) is 38.8 Å². The summed E-state index contributed by atoms with van der Waals surface area (Å²) in [6.07, 6.45) is -2.91. The number of aromatic nitrogens is 1. The number of rotatable bonds is 5. The van der Waals surface area contributed by atoms with E-state index in [1.807, 2.05) is 0 Å². The lowest BCUT2D eigenvalue weighted by atomic mass is 9.95. The van der Waals surface area contributed by atoms with Gasteiger partial charge in [0.1, 0.15) is 5.56 Å². The summed E-state index contributed by atoms with van der Waals surface area (Å²) in [6, 6.07) is 2.86. The average Bonchev–Trinajstić information content (AvgIpc) is 3.31. The van der Waals surface area contributed by atoms with Crippen LogP contribution in [0.25, 0.3) is 0 Å². The number of alkyl halides is 3. The number of carbonyl (C=O) groups excluding carboxylic acids is 2. The number of ketones is 1. The van der Waals surface area contributed by atoms with Crippen LogP contribution in [-0.4, -0.2) is 23.5 Å². The van der Waals surface area contributed by atoms with Gasteiger partial charge < -0.3 is 9.26 Å². The molecule has 0 amide bonds. The smallest absolute Gasteiger partial charge is 0.416 e. The first-order valence-electron chi connectivity index (χ1n) is 8.13. The van der Waals surface area contributed by atoms with Gasteiger partial charge in [-0.2, -0.15) is 13.2 Å². The molecule has 26 heavy (non-hydrogen) atoms. The molecule has 1 aromatic carbocycles. The molecule has 2 aromatic rings. The lowest BCUT2D eigenvalue weighted by Crippen LogP contribution is -2.14. The van der Waals surface area contributed by atoms with Crippen LogP contribution < -0.4 is 0 Å². The largest absolute Gasteiger partial charge is 0.461 e. The highest BCUT2D eigenvalue weighted by Crippen LogP contribution is 2.43. The Kier molecular flexibility index (Phi) is 4.60. The summed E-state index contributed by atoms with van der Waals surface area (Å²) in [4.78, 5) is 25.1. The van der Waals surface area contributed by atoms with E-state index in [4.69, 9.17) is 9.26 Å². The number of benzene rings is 1. The first-order chi connectivity index (χ1) is 12.2. The summed E-state index contributed by atoms with van der Waals surface area (Å²) in [5.74, 6) is -1.12. The van der Waals surface area contributed by atoms with Gasteiger partial charge in [0.25, 0.3) is 0 Å². The Morgan fingerprint density at radius 2 is 2.00 bits per heavy atom. The van der Waals surface area contributed by atoms with Crippen LogP contribution in [0.2, 0.25) is 0 Å². The zero-order valence-electron chi connectivity index (χ0n) is 14.1. The van der Waals surface area contributed by atoms with E-state index in [1.54, 1.807) is 6.92 Å². The molecule has 0 bridgehead atoms. The minimum Gasteiger partial charge on any atom is -0.461 e. The molecule has 138 valence electrons. The number of hydrogen-bond donors (Lipinski definition) is 0. The number of halogens is 3. The maximum atomic E-state index is 13.0. The van der Waals surface area contributed by atoms with Crippen molar-refractivity contribution < 1.29 is 32.0 Å². The summed E-state index contributed by atoms with van der Waals surface area (Å²) in [5.41, 5.74) is -0.881. The summed E-state index contributed by atoms with van der Waals surface area (Å²) in [7, 11) is 0. The summed E-state index contributed by atoms with van der Waals surface area (Å²) >= 11 is 0. The predicted octanol–water partition coefficient (Wildman–Crippen LogP) is 4.29. The molecule has 1 saturated carbocycles. The number of ether oxygens (including phenoxy) is 1. The van der Waals surface area contributed by atoms with E-state index < -0.39 is 23.5 Å². The molecule has 1 aliphatic rings. The van der Waals surface area contributed by atoms with E-state index in [0.29, 0.717) is 0 Å². The minimum atomic E-state index is -4.50. The molecule has 0 saturated heterocycles. The Morgan fingerprint density at radius 3 is 2.54 bits per heavy atom. The maximum Gasteiger partial charge on any atom is 0.416 e. The van der Waals surface area contributed by atoms with Gasteiger partial charge in [0.15, 0.2) is 11.5 Å². The molecule has 0 spiro atoms. The van der Waals surface area contributed by atoms with Crippen molar-refractivity contribution >= 4 is 11.8 Å². The topological polar surface area (TPSA) is 69.4 Å². The molecule has 0 radical (unpaired) electrons. The molecule has 3 rings (SSSR count). The molecular weight excluding hydrogens is 351 g/mol. The van der Waals surface area contributed by atoms with Crippen LogP contribution in [-0.2, 0) is 10.9 Å². The molecule has 8 heteroatoms. The highest BCUT2D eigenvalue weighted by atomic mass is 19.4. The van der Waals surface area contributed by atoms with E-state index in [9.17, 15) is 22.8 Å². The van der Waals surface area contributed by atoms with Gasteiger partial charge in [-0.15, -0.1) is 0 Å². The van der Waals surface area contributed by atoms with E-state index in [1.165, 1.54) is 6.92 Å². The zero-order valence-corrected chi connectivity index (χ0v) is 14.1. The Labute approximate surface area is 147 Å². The van der Waals surface area contributed by atoms with Crippen molar-refractivity contribution in [2.75, 3.05) is 6.61 Å². The van der Waals surface area contributed by atoms with Gasteiger partial charge >= 0.3 is 12.1 Å². The molecule has 1 aliphatic carbocycles. The van der Waals surface area contributed by atoms with E-state index >= 15 is 0 Å². The number of carbonyl (C=O) groups is 2. The zero-order chi connectivity index (χ0) is 19.1. The van der Waals surface area contributed by atoms with E-state index in [0.717, 1.165) is 31.0 Å². The average molecular weight is 367 g/mol. The molecular formula is C18H16F3NO4. The van der Waals surface area contributed by atoms with Gasteiger partial charge in [-0.05, 0) is 44.4 Å². The van der Waals surface area contributed by atoms with Crippen molar-refractivity contribution in [3.63, 3.8) is 0 Å². The highest BCUT2D eigenvalue weighted by Gasteiger charge is 2.38. The highest BCUT2D eigenvalue weighted by molar-refractivity contribution is 6.15. The maximum absolute atomic E-state index is 13.0. The number of hydrogen-bond acceptors (Lipinski definition) is 5. The van der Waals surface area contributed by atoms with Crippen LogP contribution in [0.5, 0.6) is 0 Å². The van der Waals surface area contributed by atoms with Crippen LogP contribution in [0.1, 0.15) is 69.0 Å². The van der Waals surface area contributed by atoms with Crippen molar-refractivity contribution in [1.82, 2.24) is 5.16 Å². The Bertz CT molecular complexity index is 866. The van der Waals surface area contributed by atoms with Gasteiger partial charge in [-0.25, -0.2) is 4.79 Å². The third-order valence-electron chi connectivity index (χ3n) is 4.16. The summed E-state index contributed by atoms with van der Waals surface area (Å²) < 4.78 is 48.6. The van der Waals surface area contributed by atoms with Crippen molar-refractivity contribution in [3.8, 4) is 0 Å². The lowest BCUT2D eigenvalue weighted by Gasteiger charge is -2.11. The first-order valence-corrected chi connectivity index (χ1v) is 8.13. The summed E-state index contributed by atoms with van der Waals surface area (Å²) in [6.45, 7) is 3.12.